The fourth-order valence-corrected chi connectivity index (χ4v) is 2.94. The van der Waals surface area contributed by atoms with Crippen molar-refractivity contribution >= 4 is 17.7 Å². The largest absolute Gasteiger partial charge is 0.496 e. The zero-order valence-electron chi connectivity index (χ0n) is 15.0. The lowest BCUT2D eigenvalue weighted by molar-refractivity contribution is 0.0642. The van der Waals surface area contributed by atoms with E-state index in [-0.39, 0.29) is 24.3 Å². The minimum Gasteiger partial charge on any atom is -0.496 e. The van der Waals surface area contributed by atoms with Gasteiger partial charge in [-0.3, -0.25) is 19.3 Å². The Morgan fingerprint density at radius 2 is 1.69 bits per heavy atom. The minimum absolute atomic E-state index is 0.104. The van der Waals surface area contributed by atoms with Gasteiger partial charge in [-0.1, -0.05) is 18.2 Å². The van der Waals surface area contributed by atoms with Gasteiger partial charge in [0.25, 0.3) is 17.7 Å². The van der Waals surface area contributed by atoms with Crippen LogP contribution >= 0.6 is 0 Å². The lowest BCUT2D eigenvalue weighted by Gasteiger charge is -2.19. The first-order chi connectivity index (χ1) is 12.5. The van der Waals surface area contributed by atoms with E-state index in [2.05, 4.69) is 0 Å². The highest BCUT2D eigenvalue weighted by Gasteiger charge is 2.35. The summed E-state index contributed by atoms with van der Waals surface area (Å²) in [6.45, 7) is 2.55. The van der Waals surface area contributed by atoms with Gasteiger partial charge in [0.1, 0.15) is 5.75 Å². The van der Waals surface area contributed by atoms with Gasteiger partial charge < -0.3 is 9.64 Å². The van der Waals surface area contributed by atoms with Crippen LogP contribution in [0.1, 0.15) is 43.6 Å². The zero-order valence-corrected chi connectivity index (χ0v) is 15.0. The molecule has 0 saturated heterocycles. The SMILES string of the molecule is CCN(C)C(=O)c1cc(CN2C(=O)c3ccccc3C2=O)ccc1OC. The molecule has 0 spiro atoms. The first kappa shape index (κ1) is 17.7. The lowest BCUT2D eigenvalue weighted by atomic mass is 10.1. The van der Waals surface area contributed by atoms with Crippen molar-refractivity contribution in [3.63, 3.8) is 0 Å². The number of amides is 3. The van der Waals surface area contributed by atoms with E-state index >= 15 is 0 Å². The van der Waals surface area contributed by atoms with E-state index < -0.39 is 0 Å². The van der Waals surface area contributed by atoms with Crippen LogP contribution in [0.25, 0.3) is 0 Å². The first-order valence-corrected chi connectivity index (χ1v) is 8.35. The van der Waals surface area contributed by atoms with Crippen molar-refractivity contribution in [2.24, 2.45) is 0 Å². The Morgan fingerprint density at radius 1 is 1.08 bits per heavy atom. The lowest BCUT2D eigenvalue weighted by Crippen LogP contribution is -2.30. The second-order valence-corrected chi connectivity index (χ2v) is 6.10. The second kappa shape index (κ2) is 7.00. The van der Waals surface area contributed by atoms with E-state index in [0.717, 1.165) is 0 Å². The summed E-state index contributed by atoms with van der Waals surface area (Å²) in [5.74, 6) is -0.352. The Kier molecular flexibility index (Phi) is 4.75. The van der Waals surface area contributed by atoms with Crippen molar-refractivity contribution in [3.05, 3.63) is 64.7 Å². The van der Waals surface area contributed by atoms with E-state index in [9.17, 15) is 14.4 Å². The third-order valence-corrected chi connectivity index (χ3v) is 4.53. The quantitative estimate of drug-likeness (QED) is 0.776. The molecule has 1 heterocycles. The maximum absolute atomic E-state index is 12.6. The molecule has 134 valence electrons. The number of rotatable bonds is 5. The molecule has 6 nitrogen and oxygen atoms in total. The van der Waals surface area contributed by atoms with Crippen molar-refractivity contribution in [1.29, 1.82) is 0 Å². The van der Waals surface area contributed by atoms with Crippen LogP contribution in [-0.4, -0.2) is 48.2 Å². The Labute approximate surface area is 152 Å². The highest BCUT2D eigenvalue weighted by Crippen LogP contribution is 2.26. The smallest absolute Gasteiger partial charge is 0.261 e. The van der Waals surface area contributed by atoms with Crippen molar-refractivity contribution in [3.8, 4) is 5.75 Å². The third-order valence-electron chi connectivity index (χ3n) is 4.53. The standard InChI is InChI=1S/C20H20N2O4/c1-4-21(2)18(23)16-11-13(9-10-17(16)26-3)12-22-19(24)14-7-5-6-8-15(14)20(22)25/h5-11H,4,12H2,1-3H3. The van der Waals surface area contributed by atoms with Gasteiger partial charge in [-0.15, -0.1) is 0 Å². The molecule has 3 amide bonds. The molecular formula is C20H20N2O4. The molecule has 2 aromatic carbocycles. The normalized spacial score (nSPS) is 13.0. The first-order valence-electron chi connectivity index (χ1n) is 8.35. The van der Waals surface area contributed by atoms with Gasteiger partial charge >= 0.3 is 0 Å². The average Bonchev–Trinajstić information content (AvgIpc) is 2.92. The molecule has 0 saturated carbocycles. The summed E-state index contributed by atoms with van der Waals surface area (Å²) in [6, 6.07) is 11.9. The summed E-state index contributed by atoms with van der Waals surface area (Å²) in [5, 5.41) is 0. The van der Waals surface area contributed by atoms with E-state index in [0.29, 0.717) is 34.5 Å². The summed E-state index contributed by atoms with van der Waals surface area (Å²) in [6.07, 6.45) is 0. The number of carbonyl (C=O) groups is 3. The van der Waals surface area contributed by atoms with Gasteiger partial charge in [0.2, 0.25) is 0 Å². The molecule has 1 aliphatic rings. The predicted octanol–water partition coefficient (Wildman–Crippen LogP) is 2.58. The highest BCUT2D eigenvalue weighted by molar-refractivity contribution is 6.21. The number of carbonyl (C=O) groups excluding carboxylic acids is 3. The van der Waals surface area contributed by atoms with E-state index in [1.165, 1.54) is 12.0 Å². The van der Waals surface area contributed by atoms with Crippen LogP contribution in [0.3, 0.4) is 0 Å². The number of methoxy groups -OCH3 is 1. The van der Waals surface area contributed by atoms with E-state index in [1.807, 2.05) is 6.92 Å². The number of benzene rings is 2. The van der Waals surface area contributed by atoms with Crippen LogP contribution < -0.4 is 4.74 Å². The Hall–Kier alpha value is -3.15. The average molecular weight is 352 g/mol. The van der Waals surface area contributed by atoms with Crippen molar-refractivity contribution < 1.29 is 19.1 Å². The molecule has 0 unspecified atom stereocenters. The molecule has 0 atom stereocenters. The fraction of sp³-hybridized carbons (Fsp3) is 0.250. The molecule has 0 radical (unpaired) electrons. The maximum Gasteiger partial charge on any atom is 0.261 e. The number of nitrogens with zero attached hydrogens (tertiary/aromatic N) is 2. The zero-order chi connectivity index (χ0) is 18.8. The van der Waals surface area contributed by atoms with Gasteiger partial charge in [0, 0.05) is 13.6 Å². The molecule has 26 heavy (non-hydrogen) atoms. The van der Waals surface area contributed by atoms with Crippen molar-refractivity contribution in [2.75, 3.05) is 20.7 Å². The molecule has 0 bridgehead atoms. The minimum atomic E-state index is -0.319. The fourth-order valence-electron chi connectivity index (χ4n) is 2.94. The summed E-state index contributed by atoms with van der Waals surface area (Å²) in [4.78, 5) is 40.3. The summed E-state index contributed by atoms with van der Waals surface area (Å²) in [5.41, 5.74) is 1.92. The molecule has 3 rings (SSSR count). The predicted molar refractivity (Wildman–Crippen MR) is 96.3 cm³/mol. The molecule has 6 heteroatoms. The number of ether oxygens (including phenoxy) is 1. The Balaban J connectivity index is 1.91. The molecular weight excluding hydrogens is 332 g/mol. The third kappa shape index (κ3) is 2.94. The van der Waals surface area contributed by atoms with Crippen LogP contribution in [0.4, 0.5) is 0 Å². The van der Waals surface area contributed by atoms with Gasteiger partial charge in [-0.05, 0) is 36.8 Å². The maximum atomic E-state index is 12.6. The monoisotopic (exact) mass is 352 g/mol. The van der Waals surface area contributed by atoms with Gasteiger partial charge in [-0.25, -0.2) is 0 Å². The Bertz CT molecular complexity index is 856. The van der Waals surface area contributed by atoms with Crippen LogP contribution in [0.5, 0.6) is 5.75 Å². The summed E-state index contributed by atoms with van der Waals surface area (Å²) >= 11 is 0. The topological polar surface area (TPSA) is 66.9 Å². The number of fused-ring (bicyclic) bond motifs is 1. The van der Waals surface area contributed by atoms with Gasteiger partial charge in [0.05, 0.1) is 30.3 Å². The molecule has 0 aromatic heterocycles. The van der Waals surface area contributed by atoms with Gasteiger partial charge in [-0.2, -0.15) is 0 Å². The summed E-state index contributed by atoms with van der Waals surface area (Å²) < 4.78 is 5.28. The van der Waals surface area contributed by atoms with E-state index in [4.69, 9.17) is 4.74 Å². The van der Waals surface area contributed by atoms with Gasteiger partial charge in [0.15, 0.2) is 0 Å². The number of imide groups is 1. The van der Waals surface area contributed by atoms with Crippen molar-refractivity contribution in [2.45, 2.75) is 13.5 Å². The highest BCUT2D eigenvalue weighted by atomic mass is 16.5. The molecule has 2 aromatic rings. The second-order valence-electron chi connectivity index (χ2n) is 6.10. The number of hydrogen-bond acceptors (Lipinski definition) is 4. The molecule has 0 N–H and O–H groups in total. The van der Waals surface area contributed by atoms with Crippen LogP contribution in [0.2, 0.25) is 0 Å². The van der Waals surface area contributed by atoms with Crippen molar-refractivity contribution in [1.82, 2.24) is 9.80 Å². The van der Waals surface area contributed by atoms with E-state index in [1.54, 1.807) is 54.4 Å². The van der Waals surface area contributed by atoms with Crippen LogP contribution in [0, 0.1) is 0 Å². The Morgan fingerprint density at radius 3 is 2.23 bits per heavy atom. The molecule has 0 fully saturated rings. The molecule has 0 aliphatic carbocycles. The van der Waals surface area contributed by atoms with Crippen LogP contribution in [-0.2, 0) is 6.54 Å². The number of hydrogen-bond donors (Lipinski definition) is 0. The summed E-state index contributed by atoms with van der Waals surface area (Å²) in [7, 11) is 3.21. The molecule has 1 aliphatic heterocycles. The van der Waals surface area contributed by atoms with Crippen LogP contribution in [0.15, 0.2) is 42.5 Å².